The van der Waals surface area contributed by atoms with Gasteiger partial charge >= 0.3 is 0 Å². The van der Waals surface area contributed by atoms with E-state index >= 15 is 0 Å². The van der Waals surface area contributed by atoms with Crippen LogP contribution >= 0.6 is 0 Å². The quantitative estimate of drug-likeness (QED) is 0.179. The van der Waals surface area contributed by atoms with E-state index in [4.69, 9.17) is 19.4 Å². The van der Waals surface area contributed by atoms with E-state index in [1.54, 1.807) is 0 Å². The summed E-state index contributed by atoms with van der Waals surface area (Å²) in [5.74, 6) is 1.82. The Kier molecular flexibility index (Phi) is 6.95. The highest BCUT2D eigenvalue weighted by atomic mass is 16.3. The molecule has 278 valence electrons. The molecule has 0 spiro atoms. The Balaban J connectivity index is 1.12. The van der Waals surface area contributed by atoms with Crippen molar-refractivity contribution in [3.8, 4) is 39.9 Å². The normalized spacial score (nSPS) is 12.0. The summed E-state index contributed by atoms with van der Waals surface area (Å²) in [5.41, 5.74) is 7.71. The van der Waals surface area contributed by atoms with E-state index in [9.17, 15) is 0 Å². The lowest BCUT2D eigenvalue weighted by Gasteiger charge is -2.12. The predicted octanol–water partition coefficient (Wildman–Crippen LogP) is 14.5. The van der Waals surface area contributed by atoms with Crippen LogP contribution in [-0.2, 0) is 0 Å². The molecule has 0 N–H and O–H groups in total. The summed E-state index contributed by atoms with van der Waals surface area (Å²) in [5, 5.41) is 13.7. The maximum absolute atomic E-state index is 6.78. The van der Waals surface area contributed by atoms with Crippen LogP contribution in [0.4, 0.5) is 0 Å². The van der Waals surface area contributed by atoms with Gasteiger partial charge in [0, 0.05) is 43.9 Å². The Hall–Kier alpha value is -8.15. The van der Waals surface area contributed by atoms with Crippen LogP contribution in [0, 0.1) is 0 Å². The lowest BCUT2D eigenvalue weighted by molar-refractivity contribution is 0.669. The van der Waals surface area contributed by atoms with E-state index in [-0.39, 0.29) is 0 Å². The van der Waals surface area contributed by atoms with Crippen molar-refractivity contribution in [3.05, 3.63) is 194 Å². The van der Waals surface area contributed by atoms with Crippen molar-refractivity contribution in [3.63, 3.8) is 0 Å². The molecule has 0 radical (unpaired) electrons. The molecule has 0 aliphatic heterocycles. The number of nitrogens with zero attached hydrogens (tertiary/aromatic N) is 4. The third kappa shape index (κ3) is 4.96. The molecular weight excluding hydrogens is 733 g/mol. The van der Waals surface area contributed by atoms with Crippen LogP contribution in [0.2, 0.25) is 0 Å². The fourth-order valence-electron chi connectivity index (χ4n) is 9.37. The molecule has 10 aromatic carbocycles. The highest BCUT2D eigenvalue weighted by Crippen LogP contribution is 2.44. The van der Waals surface area contributed by atoms with Crippen molar-refractivity contribution < 1.29 is 4.42 Å². The molecule has 0 fully saturated rings. The molecule has 0 amide bonds. The zero-order valence-corrected chi connectivity index (χ0v) is 32.2. The second-order valence-corrected chi connectivity index (χ2v) is 15.6. The third-order valence-corrected chi connectivity index (χ3v) is 12.1. The van der Waals surface area contributed by atoms with Gasteiger partial charge in [0.05, 0.1) is 11.0 Å². The van der Waals surface area contributed by atoms with Crippen molar-refractivity contribution in [1.29, 1.82) is 0 Å². The first kappa shape index (κ1) is 32.9. The molecule has 13 rings (SSSR count). The SMILES string of the molecule is c1ccc(-c2nc(-c3ccc4ccccc4c3)nc(-c3c4ccccc4cc4oc5ccc(-n6c7cc8ccccc8cc7c7c8ccccc8ccc76)cc5c34)n2)cc1. The average Bonchev–Trinajstić information content (AvgIpc) is 3.84. The largest absolute Gasteiger partial charge is 0.456 e. The van der Waals surface area contributed by atoms with E-state index in [1.165, 1.54) is 37.7 Å². The first-order valence-electron chi connectivity index (χ1n) is 20.3. The molecule has 3 heterocycles. The van der Waals surface area contributed by atoms with Crippen LogP contribution in [0.1, 0.15) is 0 Å². The third-order valence-electron chi connectivity index (χ3n) is 12.1. The molecule has 0 unspecified atom stereocenters. The molecule has 0 aliphatic rings. The minimum absolute atomic E-state index is 0.594. The van der Waals surface area contributed by atoms with Crippen molar-refractivity contribution >= 4 is 86.8 Å². The van der Waals surface area contributed by atoms with E-state index < -0.39 is 0 Å². The Morgan fingerprint density at radius 2 is 0.967 bits per heavy atom. The number of fused-ring (bicyclic) bond motifs is 11. The molecule has 0 saturated heterocycles. The van der Waals surface area contributed by atoms with Gasteiger partial charge in [0.15, 0.2) is 17.5 Å². The van der Waals surface area contributed by atoms with Crippen LogP contribution in [0.3, 0.4) is 0 Å². The van der Waals surface area contributed by atoms with Gasteiger partial charge in [-0.25, -0.2) is 15.0 Å². The molecule has 5 heteroatoms. The van der Waals surface area contributed by atoms with Crippen LogP contribution in [0.25, 0.3) is 127 Å². The van der Waals surface area contributed by atoms with E-state index in [0.29, 0.717) is 17.5 Å². The van der Waals surface area contributed by atoms with Gasteiger partial charge in [-0.3, -0.25) is 0 Å². The number of hydrogen-bond acceptors (Lipinski definition) is 4. The minimum Gasteiger partial charge on any atom is -0.456 e. The lowest BCUT2D eigenvalue weighted by Crippen LogP contribution is -2.01. The van der Waals surface area contributed by atoms with Gasteiger partial charge in [0.2, 0.25) is 0 Å². The van der Waals surface area contributed by atoms with Gasteiger partial charge in [-0.15, -0.1) is 0 Å². The first-order chi connectivity index (χ1) is 29.7. The molecular formula is C55H32N4O. The Labute approximate surface area is 343 Å². The van der Waals surface area contributed by atoms with E-state index in [0.717, 1.165) is 71.5 Å². The number of hydrogen-bond donors (Lipinski definition) is 0. The second kappa shape index (κ2) is 12.7. The summed E-state index contributed by atoms with van der Waals surface area (Å²) in [6, 6.07) is 68.7. The summed E-state index contributed by atoms with van der Waals surface area (Å²) in [6.07, 6.45) is 0. The fraction of sp³-hybridized carbons (Fsp3) is 0. The van der Waals surface area contributed by atoms with Crippen LogP contribution in [-0.4, -0.2) is 19.5 Å². The molecule has 3 aromatic heterocycles. The van der Waals surface area contributed by atoms with Gasteiger partial charge in [-0.2, -0.15) is 0 Å². The summed E-state index contributed by atoms with van der Waals surface area (Å²) < 4.78 is 9.20. The molecule has 0 atom stereocenters. The number of furan rings is 1. The van der Waals surface area contributed by atoms with E-state index in [2.05, 4.69) is 180 Å². The van der Waals surface area contributed by atoms with Gasteiger partial charge in [-0.1, -0.05) is 146 Å². The topological polar surface area (TPSA) is 56.7 Å². The Morgan fingerprint density at radius 3 is 1.78 bits per heavy atom. The smallest absolute Gasteiger partial charge is 0.165 e. The minimum atomic E-state index is 0.594. The van der Waals surface area contributed by atoms with Gasteiger partial charge in [-0.05, 0) is 91.6 Å². The van der Waals surface area contributed by atoms with Crippen LogP contribution in [0.15, 0.2) is 199 Å². The molecule has 0 bridgehead atoms. The summed E-state index contributed by atoms with van der Waals surface area (Å²) >= 11 is 0. The number of benzene rings is 10. The van der Waals surface area contributed by atoms with Crippen LogP contribution < -0.4 is 0 Å². The average molecular weight is 765 g/mol. The van der Waals surface area contributed by atoms with Gasteiger partial charge in [0.25, 0.3) is 0 Å². The Morgan fingerprint density at radius 1 is 0.333 bits per heavy atom. The number of rotatable bonds is 4. The summed E-state index contributed by atoms with van der Waals surface area (Å²) in [7, 11) is 0. The van der Waals surface area contributed by atoms with Crippen molar-refractivity contribution in [2.45, 2.75) is 0 Å². The molecule has 5 nitrogen and oxygen atoms in total. The second-order valence-electron chi connectivity index (χ2n) is 15.6. The zero-order valence-electron chi connectivity index (χ0n) is 32.2. The summed E-state index contributed by atoms with van der Waals surface area (Å²) in [4.78, 5) is 15.7. The first-order valence-corrected chi connectivity index (χ1v) is 20.3. The lowest BCUT2D eigenvalue weighted by atomic mass is 9.97. The van der Waals surface area contributed by atoms with E-state index in [1.807, 2.05) is 18.2 Å². The van der Waals surface area contributed by atoms with Crippen molar-refractivity contribution in [2.24, 2.45) is 0 Å². The summed E-state index contributed by atoms with van der Waals surface area (Å²) in [6.45, 7) is 0. The molecule has 60 heavy (non-hydrogen) atoms. The fourth-order valence-corrected chi connectivity index (χ4v) is 9.37. The molecule has 13 aromatic rings. The van der Waals surface area contributed by atoms with Crippen molar-refractivity contribution in [1.82, 2.24) is 19.5 Å². The van der Waals surface area contributed by atoms with Gasteiger partial charge < -0.3 is 8.98 Å². The van der Waals surface area contributed by atoms with Crippen LogP contribution in [0.5, 0.6) is 0 Å². The Bertz CT molecular complexity index is 3900. The monoisotopic (exact) mass is 764 g/mol. The highest BCUT2D eigenvalue weighted by molar-refractivity contribution is 6.24. The highest BCUT2D eigenvalue weighted by Gasteiger charge is 2.23. The molecule has 0 saturated carbocycles. The molecule has 0 aliphatic carbocycles. The van der Waals surface area contributed by atoms with Crippen molar-refractivity contribution in [2.75, 3.05) is 0 Å². The maximum Gasteiger partial charge on any atom is 0.165 e. The van der Waals surface area contributed by atoms with Gasteiger partial charge in [0.1, 0.15) is 11.2 Å². The maximum atomic E-state index is 6.78. The number of aromatic nitrogens is 4. The predicted molar refractivity (Wildman–Crippen MR) is 248 cm³/mol. The zero-order chi connectivity index (χ0) is 39.3. The standard InChI is InChI=1S/C55H32N4O/c1-2-14-35(15-3-1)53-56-54(40-23-22-33-12-4-5-16-36(33)28-40)58-55(57-53)52-43-21-11-9-19-39(43)31-49-51(52)45-32-41(25-27-48(45)60-49)59-46-26-24-34-13-8-10-20-42(34)50(46)44-29-37-17-6-7-18-38(37)30-47(44)59/h1-32H.